The number of amides is 1. The molecule has 1 saturated heterocycles. The van der Waals surface area contributed by atoms with Gasteiger partial charge in [0, 0.05) is 22.8 Å². The number of nitrogens with zero attached hydrogens (tertiary/aromatic N) is 1. The number of ether oxygens (including phenoxy) is 2. The molecule has 1 aliphatic rings. The van der Waals surface area contributed by atoms with Gasteiger partial charge in [0.05, 0.1) is 24.2 Å². The van der Waals surface area contributed by atoms with Gasteiger partial charge >= 0.3 is 6.09 Å². The fourth-order valence-electron chi connectivity index (χ4n) is 2.46. The summed E-state index contributed by atoms with van der Waals surface area (Å²) in [7, 11) is 1.36. The second-order valence-electron chi connectivity index (χ2n) is 6.84. The van der Waals surface area contributed by atoms with Gasteiger partial charge < -0.3 is 14.4 Å². The molecular weight excluding hydrogens is 373 g/mol. The summed E-state index contributed by atoms with van der Waals surface area (Å²) in [6.45, 7) is 6.04. The van der Waals surface area contributed by atoms with Crippen LogP contribution in [-0.4, -0.2) is 44.2 Å². The summed E-state index contributed by atoms with van der Waals surface area (Å²) in [5, 5.41) is 0. The molecule has 0 saturated carbocycles. The number of likely N-dealkylation sites (tertiary alicyclic amines) is 1. The first-order chi connectivity index (χ1) is 11.5. The highest BCUT2D eigenvalue weighted by atomic mass is 35.7. The quantitative estimate of drug-likeness (QED) is 0.734. The first-order valence-electron chi connectivity index (χ1n) is 7.78. The maximum atomic E-state index is 13.4. The predicted molar refractivity (Wildman–Crippen MR) is 90.4 cm³/mol. The highest BCUT2D eigenvalue weighted by Crippen LogP contribution is 2.24. The van der Waals surface area contributed by atoms with Gasteiger partial charge in [0.25, 0.3) is 9.05 Å². The van der Waals surface area contributed by atoms with E-state index < -0.39 is 26.6 Å². The van der Waals surface area contributed by atoms with Crippen molar-refractivity contribution in [2.45, 2.75) is 50.4 Å². The van der Waals surface area contributed by atoms with Crippen LogP contribution in [0.4, 0.5) is 9.18 Å². The molecule has 1 aromatic carbocycles. The lowest BCUT2D eigenvalue weighted by molar-refractivity contribution is 0.0181. The fourth-order valence-corrected chi connectivity index (χ4v) is 3.58. The summed E-state index contributed by atoms with van der Waals surface area (Å²) in [6.07, 6.45) is -0.132. The molecule has 0 N–H and O–H groups in total. The van der Waals surface area contributed by atoms with E-state index in [1.807, 2.05) is 0 Å². The van der Waals surface area contributed by atoms with E-state index in [0.29, 0.717) is 19.5 Å². The molecule has 1 heterocycles. The maximum absolute atomic E-state index is 13.4. The van der Waals surface area contributed by atoms with E-state index in [9.17, 15) is 17.6 Å². The van der Waals surface area contributed by atoms with Crippen LogP contribution in [0.1, 0.15) is 32.8 Å². The SMILES string of the molecule is CC(C)(C)OC(=O)N1CCC(OCc2cc(F)ccc2S(=O)(=O)Cl)C1. The van der Waals surface area contributed by atoms with Crippen LogP contribution in [-0.2, 0) is 25.1 Å². The summed E-state index contributed by atoms with van der Waals surface area (Å²) in [5.41, 5.74) is -0.438. The predicted octanol–water partition coefficient (Wildman–Crippen LogP) is 3.28. The molecule has 140 valence electrons. The molecule has 1 unspecified atom stereocenters. The summed E-state index contributed by atoms with van der Waals surface area (Å²) in [5.74, 6) is -0.579. The van der Waals surface area contributed by atoms with Crippen LogP contribution in [0, 0.1) is 5.82 Å². The average molecular weight is 394 g/mol. The highest BCUT2D eigenvalue weighted by Gasteiger charge is 2.30. The number of rotatable bonds is 4. The van der Waals surface area contributed by atoms with E-state index >= 15 is 0 Å². The molecule has 1 fully saturated rings. The van der Waals surface area contributed by atoms with Crippen molar-refractivity contribution in [3.05, 3.63) is 29.6 Å². The van der Waals surface area contributed by atoms with E-state index in [2.05, 4.69) is 0 Å². The van der Waals surface area contributed by atoms with Gasteiger partial charge in [-0.3, -0.25) is 0 Å². The number of benzene rings is 1. The van der Waals surface area contributed by atoms with Crippen molar-refractivity contribution in [3.63, 3.8) is 0 Å². The van der Waals surface area contributed by atoms with E-state index in [-0.39, 0.29) is 23.2 Å². The molecule has 9 heteroatoms. The smallest absolute Gasteiger partial charge is 0.410 e. The van der Waals surface area contributed by atoms with Crippen molar-refractivity contribution in [2.24, 2.45) is 0 Å². The second kappa shape index (κ2) is 7.47. The van der Waals surface area contributed by atoms with Crippen molar-refractivity contribution in [1.82, 2.24) is 4.90 Å². The monoisotopic (exact) mass is 393 g/mol. The normalized spacial score (nSPS) is 18.4. The molecule has 1 atom stereocenters. The van der Waals surface area contributed by atoms with Crippen LogP contribution < -0.4 is 0 Å². The van der Waals surface area contributed by atoms with Gasteiger partial charge in [0.2, 0.25) is 0 Å². The first kappa shape index (κ1) is 19.9. The third-order valence-corrected chi connectivity index (χ3v) is 4.98. The Balaban J connectivity index is 1.98. The molecular formula is C16H21ClFNO5S. The third-order valence-electron chi connectivity index (χ3n) is 3.56. The second-order valence-corrected chi connectivity index (χ2v) is 9.37. The molecule has 1 amide bonds. The standard InChI is InChI=1S/C16H21ClFNO5S/c1-16(2,3)24-15(20)19-7-6-13(9-19)23-10-11-8-12(18)4-5-14(11)25(17,21)22/h4-5,8,13H,6-7,9-10H2,1-3H3. The van der Waals surface area contributed by atoms with Crippen LogP contribution in [0.25, 0.3) is 0 Å². The number of hydrogen-bond acceptors (Lipinski definition) is 5. The summed E-state index contributed by atoms with van der Waals surface area (Å²) in [4.78, 5) is 13.4. The molecule has 1 aliphatic heterocycles. The lowest BCUT2D eigenvalue weighted by Gasteiger charge is -2.24. The Morgan fingerprint density at radius 3 is 2.68 bits per heavy atom. The largest absolute Gasteiger partial charge is 0.444 e. The Hall–Kier alpha value is -1.38. The Morgan fingerprint density at radius 2 is 2.08 bits per heavy atom. The first-order valence-corrected chi connectivity index (χ1v) is 10.1. The van der Waals surface area contributed by atoms with Crippen LogP contribution in [0.2, 0.25) is 0 Å². The summed E-state index contributed by atoms with van der Waals surface area (Å²) in [6, 6.07) is 3.21. The number of hydrogen-bond donors (Lipinski definition) is 0. The number of carbonyl (C=O) groups excluding carboxylic acids is 1. The van der Waals surface area contributed by atoms with Gasteiger partial charge in [-0.25, -0.2) is 17.6 Å². The molecule has 6 nitrogen and oxygen atoms in total. The Morgan fingerprint density at radius 1 is 1.40 bits per heavy atom. The lowest BCUT2D eigenvalue weighted by Crippen LogP contribution is -2.36. The fraction of sp³-hybridized carbons (Fsp3) is 0.562. The van der Waals surface area contributed by atoms with Crippen LogP contribution in [0.15, 0.2) is 23.1 Å². The van der Waals surface area contributed by atoms with Crippen molar-refractivity contribution in [2.75, 3.05) is 13.1 Å². The van der Waals surface area contributed by atoms with Gasteiger partial charge in [-0.15, -0.1) is 0 Å². The van der Waals surface area contributed by atoms with Crippen molar-refractivity contribution < 1.29 is 27.1 Å². The van der Waals surface area contributed by atoms with Gasteiger partial charge in [-0.2, -0.15) is 0 Å². The Kier molecular flexibility index (Phi) is 5.96. The molecule has 0 radical (unpaired) electrons. The van der Waals surface area contributed by atoms with E-state index in [1.165, 1.54) is 4.90 Å². The van der Waals surface area contributed by atoms with Crippen molar-refractivity contribution >= 4 is 25.8 Å². The van der Waals surface area contributed by atoms with Crippen LogP contribution in [0.3, 0.4) is 0 Å². The molecule has 2 rings (SSSR count). The molecule has 25 heavy (non-hydrogen) atoms. The van der Waals surface area contributed by atoms with Gasteiger partial charge in [-0.05, 0) is 45.4 Å². The Bertz CT molecular complexity index is 747. The average Bonchev–Trinajstić information content (AvgIpc) is 2.91. The number of carbonyl (C=O) groups is 1. The minimum Gasteiger partial charge on any atom is -0.444 e. The maximum Gasteiger partial charge on any atom is 0.410 e. The van der Waals surface area contributed by atoms with Crippen molar-refractivity contribution in [3.8, 4) is 0 Å². The number of halogens is 2. The highest BCUT2D eigenvalue weighted by molar-refractivity contribution is 8.13. The topological polar surface area (TPSA) is 72.9 Å². The van der Waals surface area contributed by atoms with Crippen LogP contribution >= 0.6 is 10.7 Å². The van der Waals surface area contributed by atoms with E-state index in [1.54, 1.807) is 20.8 Å². The van der Waals surface area contributed by atoms with Crippen LogP contribution in [0.5, 0.6) is 0 Å². The molecule has 0 aliphatic carbocycles. The zero-order valence-electron chi connectivity index (χ0n) is 14.3. The minimum absolute atomic E-state index is 0.119. The van der Waals surface area contributed by atoms with Gasteiger partial charge in [0.1, 0.15) is 11.4 Å². The Labute approximate surface area is 151 Å². The molecule has 0 aromatic heterocycles. The van der Waals surface area contributed by atoms with Gasteiger partial charge in [-0.1, -0.05) is 0 Å². The van der Waals surface area contributed by atoms with E-state index in [4.69, 9.17) is 20.2 Å². The molecule has 0 bridgehead atoms. The zero-order valence-corrected chi connectivity index (χ0v) is 15.9. The molecule has 0 spiro atoms. The van der Waals surface area contributed by atoms with Gasteiger partial charge in [0.15, 0.2) is 0 Å². The third kappa shape index (κ3) is 5.83. The molecule has 1 aromatic rings. The van der Waals surface area contributed by atoms with Crippen molar-refractivity contribution in [1.29, 1.82) is 0 Å². The van der Waals surface area contributed by atoms with E-state index in [0.717, 1.165) is 18.2 Å². The summed E-state index contributed by atoms with van der Waals surface area (Å²) >= 11 is 0. The zero-order chi connectivity index (χ0) is 18.8. The minimum atomic E-state index is -4.00. The lowest BCUT2D eigenvalue weighted by atomic mass is 10.2. The summed E-state index contributed by atoms with van der Waals surface area (Å²) < 4.78 is 47.5.